The van der Waals surface area contributed by atoms with Crippen LogP contribution in [0.3, 0.4) is 0 Å². The first kappa shape index (κ1) is 14.9. The number of nitrogens with zero attached hydrogens (tertiary/aromatic N) is 2. The Labute approximate surface area is 143 Å². The molecule has 0 amide bonds. The zero-order valence-electron chi connectivity index (χ0n) is 12.6. The molecule has 2 heterocycles. The van der Waals surface area contributed by atoms with E-state index in [1.807, 2.05) is 36.7 Å². The summed E-state index contributed by atoms with van der Waals surface area (Å²) in [5.41, 5.74) is 3.71. The van der Waals surface area contributed by atoms with Crippen LogP contribution in [0.25, 0.3) is 10.6 Å². The Hall–Kier alpha value is -1.69. The van der Waals surface area contributed by atoms with Crippen LogP contribution in [0.2, 0.25) is 5.02 Å². The summed E-state index contributed by atoms with van der Waals surface area (Å²) in [7, 11) is 0. The predicted octanol–water partition coefficient (Wildman–Crippen LogP) is 4.35. The standard InChI is InChI=1S/C17H17ClN4S/c18-13-6-4-11(5-7-13)17-20-10-14(23-17)9-19-15-3-1-2-12-8-21-22-16(12)15/h4-8,10,15,19H,1-3,9H2,(H,21,22)/t15-/m0/s1. The zero-order valence-corrected chi connectivity index (χ0v) is 14.1. The highest BCUT2D eigenvalue weighted by molar-refractivity contribution is 7.15. The Kier molecular flexibility index (Phi) is 4.16. The first-order valence-corrected chi connectivity index (χ1v) is 8.95. The maximum Gasteiger partial charge on any atom is 0.123 e. The molecule has 1 atom stereocenters. The van der Waals surface area contributed by atoms with Crippen molar-refractivity contribution in [3.05, 3.63) is 57.8 Å². The molecule has 0 bridgehead atoms. The minimum Gasteiger partial charge on any atom is -0.304 e. The number of fused-ring (bicyclic) bond motifs is 1. The molecule has 1 aliphatic rings. The molecule has 4 nitrogen and oxygen atoms in total. The zero-order chi connectivity index (χ0) is 15.6. The van der Waals surface area contributed by atoms with Crippen LogP contribution in [0, 0.1) is 0 Å². The molecule has 3 aromatic rings. The van der Waals surface area contributed by atoms with Crippen molar-refractivity contribution in [2.75, 3.05) is 0 Å². The largest absolute Gasteiger partial charge is 0.304 e. The van der Waals surface area contributed by atoms with E-state index in [4.69, 9.17) is 11.6 Å². The van der Waals surface area contributed by atoms with Crippen LogP contribution in [0.1, 0.15) is 35.0 Å². The molecule has 0 spiro atoms. The van der Waals surface area contributed by atoms with Crippen molar-refractivity contribution < 1.29 is 0 Å². The van der Waals surface area contributed by atoms with Gasteiger partial charge in [-0.1, -0.05) is 23.7 Å². The molecule has 23 heavy (non-hydrogen) atoms. The van der Waals surface area contributed by atoms with Gasteiger partial charge in [0, 0.05) is 34.2 Å². The van der Waals surface area contributed by atoms with Crippen molar-refractivity contribution in [3.63, 3.8) is 0 Å². The second kappa shape index (κ2) is 6.43. The maximum atomic E-state index is 5.94. The molecular formula is C17H17ClN4S. The molecule has 118 valence electrons. The van der Waals surface area contributed by atoms with Gasteiger partial charge in [-0.25, -0.2) is 4.98 Å². The van der Waals surface area contributed by atoms with E-state index in [-0.39, 0.29) is 0 Å². The molecule has 0 unspecified atom stereocenters. The number of hydrogen-bond acceptors (Lipinski definition) is 4. The van der Waals surface area contributed by atoms with E-state index < -0.39 is 0 Å². The van der Waals surface area contributed by atoms with Gasteiger partial charge in [-0.2, -0.15) is 5.10 Å². The molecule has 0 radical (unpaired) electrons. The highest BCUT2D eigenvalue weighted by Crippen LogP contribution is 2.29. The Morgan fingerprint density at radius 2 is 2.13 bits per heavy atom. The van der Waals surface area contributed by atoms with Gasteiger partial charge in [0.25, 0.3) is 0 Å². The fraction of sp³-hybridized carbons (Fsp3) is 0.294. The number of aromatic nitrogens is 3. The number of thiazole rings is 1. The topological polar surface area (TPSA) is 53.6 Å². The number of aromatic amines is 1. The van der Waals surface area contributed by atoms with Crippen molar-refractivity contribution in [2.24, 2.45) is 0 Å². The maximum absolute atomic E-state index is 5.94. The van der Waals surface area contributed by atoms with Gasteiger partial charge in [0.2, 0.25) is 0 Å². The number of rotatable bonds is 4. The van der Waals surface area contributed by atoms with Gasteiger partial charge in [0.1, 0.15) is 5.01 Å². The lowest BCUT2D eigenvalue weighted by Gasteiger charge is -2.22. The summed E-state index contributed by atoms with van der Waals surface area (Å²) in [6.45, 7) is 0.828. The van der Waals surface area contributed by atoms with E-state index in [0.29, 0.717) is 6.04 Å². The van der Waals surface area contributed by atoms with Crippen LogP contribution < -0.4 is 5.32 Å². The average molecular weight is 345 g/mol. The molecule has 0 fully saturated rings. The predicted molar refractivity (Wildman–Crippen MR) is 93.7 cm³/mol. The molecule has 4 rings (SSSR count). The summed E-state index contributed by atoms with van der Waals surface area (Å²) in [5.74, 6) is 0. The van der Waals surface area contributed by atoms with Gasteiger partial charge in [0.05, 0.1) is 11.9 Å². The van der Waals surface area contributed by atoms with Gasteiger partial charge < -0.3 is 5.32 Å². The molecule has 1 aliphatic carbocycles. The van der Waals surface area contributed by atoms with Gasteiger partial charge in [-0.15, -0.1) is 11.3 Å². The van der Waals surface area contributed by atoms with E-state index in [1.165, 1.54) is 22.6 Å². The quantitative estimate of drug-likeness (QED) is 0.739. The number of benzene rings is 1. The summed E-state index contributed by atoms with van der Waals surface area (Å²) in [4.78, 5) is 5.77. The number of nitrogens with one attached hydrogen (secondary N) is 2. The fourth-order valence-corrected chi connectivity index (χ4v) is 4.00. The third-order valence-electron chi connectivity index (χ3n) is 4.21. The van der Waals surface area contributed by atoms with Crippen molar-refractivity contribution in [1.82, 2.24) is 20.5 Å². The number of aryl methyl sites for hydroxylation is 1. The van der Waals surface area contributed by atoms with Crippen LogP contribution in [-0.2, 0) is 13.0 Å². The number of hydrogen-bond donors (Lipinski definition) is 2. The lowest BCUT2D eigenvalue weighted by atomic mass is 9.94. The van der Waals surface area contributed by atoms with E-state index in [1.54, 1.807) is 11.3 Å². The van der Waals surface area contributed by atoms with Gasteiger partial charge >= 0.3 is 0 Å². The van der Waals surface area contributed by atoms with E-state index in [9.17, 15) is 0 Å². The smallest absolute Gasteiger partial charge is 0.123 e. The van der Waals surface area contributed by atoms with Crippen LogP contribution in [-0.4, -0.2) is 15.2 Å². The van der Waals surface area contributed by atoms with Crippen LogP contribution in [0.15, 0.2) is 36.7 Å². The molecule has 2 N–H and O–H groups in total. The molecule has 0 saturated heterocycles. The van der Waals surface area contributed by atoms with Crippen molar-refractivity contribution in [3.8, 4) is 10.6 Å². The third kappa shape index (κ3) is 3.17. The Balaban J connectivity index is 1.44. The fourth-order valence-electron chi connectivity index (χ4n) is 3.01. The van der Waals surface area contributed by atoms with Crippen LogP contribution >= 0.6 is 22.9 Å². The second-order valence-electron chi connectivity index (χ2n) is 5.77. The molecule has 0 saturated carbocycles. The highest BCUT2D eigenvalue weighted by Gasteiger charge is 2.21. The SMILES string of the molecule is Clc1ccc(-c2ncc(CN[C@H]3CCCc4cn[nH]c43)s2)cc1. The lowest BCUT2D eigenvalue weighted by Crippen LogP contribution is -2.24. The lowest BCUT2D eigenvalue weighted by molar-refractivity contribution is 0.451. The van der Waals surface area contributed by atoms with Gasteiger partial charge in [-0.05, 0) is 37.0 Å². The van der Waals surface area contributed by atoms with Crippen LogP contribution in [0.5, 0.6) is 0 Å². The van der Waals surface area contributed by atoms with Crippen molar-refractivity contribution in [1.29, 1.82) is 0 Å². The van der Waals surface area contributed by atoms with Crippen molar-refractivity contribution in [2.45, 2.75) is 31.8 Å². The summed E-state index contributed by atoms with van der Waals surface area (Å²) in [6, 6.07) is 8.19. The molecular weight excluding hydrogens is 328 g/mol. The van der Waals surface area contributed by atoms with E-state index in [2.05, 4.69) is 20.5 Å². The Morgan fingerprint density at radius 3 is 3.00 bits per heavy atom. The van der Waals surface area contributed by atoms with E-state index >= 15 is 0 Å². The monoisotopic (exact) mass is 344 g/mol. The number of H-pyrrole nitrogens is 1. The Morgan fingerprint density at radius 1 is 1.26 bits per heavy atom. The summed E-state index contributed by atoms with van der Waals surface area (Å²) in [5, 5.41) is 12.7. The average Bonchev–Trinajstić information content (AvgIpc) is 3.23. The molecule has 2 aromatic heterocycles. The molecule has 6 heteroatoms. The first-order valence-electron chi connectivity index (χ1n) is 7.76. The summed E-state index contributed by atoms with van der Waals surface area (Å²) < 4.78 is 0. The highest BCUT2D eigenvalue weighted by atomic mass is 35.5. The third-order valence-corrected chi connectivity index (χ3v) is 5.50. The summed E-state index contributed by atoms with van der Waals surface area (Å²) >= 11 is 7.66. The molecule has 1 aromatic carbocycles. The first-order chi connectivity index (χ1) is 11.3. The minimum atomic E-state index is 0.363. The number of halogens is 1. The van der Waals surface area contributed by atoms with Crippen LogP contribution in [0.4, 0.5) is 0 Å². The molecule has 0 aliphatic heterocycles. The van der Waals surface area contributed by atoms with Crippen molar-refractivity contribution >= 4 is 22.9 Å². The summed E-state index contributed by atoms with van der Waals surface area (Å²) in [6.07, 6.45) is 7.40. The second-order valence-corrected chi connectivity index (χ2v) is 7.32. The minimum absolute atomic E-state index is 0.363. The van der Waals surface area contributed by atoms with E-state index in [0.717, 1.165) is 35.0 Å². The van der Waals surface area contributed by atoms with Gasteiger partial charge in [0.15, 0.2) is 0 Å². The Bertz CT molecular complexity index is 793. The van der Waals surface area contributed by atoms with Gasteiger partial charge in [-0.3, -0.25) is 5.10 Å². The normalized spacial score (nSPS) is 17.2.